The first-order valence-electron chi connectivity index (χ1n) is 4.55. The number of hydrogen-bond donors (Lipinski definition) is 2. The molecule has 1 unspecified atom stereocenters. The maximum Gasteiger partial charge on any atom is 0.221 e. The van der Waals surface area contributed by atoms with Crippen molar-refractivity contribution in [3.8, 4) is 0 Å². The van der Waals surface area contributed by atoms with Gasteiger partial charge in [0.25, 0.3) is 0 Å². The van der Waals surface area contributed by atoms with Crippen LogP contribution in [0.5, 0.6) is 0 Å². The number of rotatable bonds is 5. The number of hydrogen-bond acceptors (Lipinski definition) is 2. The first kappa shape index (κ1) is 11.4. The van der Waals surface area contributed by atoms with E-state index in [1.807, 2.05) is 0 Å². The van der Waals surface area contributed by atoms with Gasteiger partial charge in [-0.15, -0.1) is 0 Å². The Balaban J connectivity index is 3.86. The average molecular weight is 172 g/mol. The van der Waals surface area contributed by atoms with Crippen molar-refractivity contribution in [1.29, 1.82) is 0 Å². The van der Waals surface area contributed by atoms with E-state index < -0.39 is 0 Å². The molecule has 0 bridgehead atoms. The van der Waals surface area contributed by atoms with Crippen LogP contribution in [0.25, 0.3) is 0 Å². The van der Waals surface area contributed by atoms with Crippen LogP contribution >= 0.6 is 0 Å². The molecule has 0 saturated heterocycles. The Bertz CT molecular complexity index is 134. The minimum atomic E-state index is 0.106. The summed E-state index contributed by atoms with van der Waals surface area (Å²) in [5.41, 5.74) is 0. The highest BCUT2D eigenvalue weighted by Gasteiger charge is 2.14. The summed E-state index contributed by atoms with van der Waals surface area (Å²) in [6.45, 7) is 7.21. The van der Waals surface area contributed by atoms with Gasteiger partial charge in [-0.25, -0.2) is 0 Å². The zero-order valence-corrected chi connectivity index (χ0v) is 8.48. The van der Waals surface area contributed by atoms with Crippen LogP contribution in [0.3, 0.4) is 0 Å². The largest absolute Gasteiger partial charge is 0.359 e. The summed E-state index contributed by atoms with van der Waals surface area (Å²) in [4.78, 5) is 11.1. The highest BCUT2D eigenvalue weighted by atomic mass is 16.1. The van der Waals surface area contributed by atoms with Gasteiger partial charge in [0.15, 0.2) is 0 Å². The second-order valence-corrected chi connectivity index (χ2v) is 3.29. The van der Waals surface area contributed by atoms with Crippen LogP contribution < -0.4 is 10.6 Å². The van der Waals surface area contributed by atoms with E-state index >= 15 is 0 Å². The Labute approximate surface area is 74.9 Å². The molecule has 0 aromatic carbocycles. The molecule has 1 amide bonds. The van der Waals surface area contributed by atoms with Crippen LogP contribution in [0.15, 0.2) is 0 Å². The van der Waals surface area contributed by atoms with Crippen molar-refractivity contribution in [2.75, 3.05) is 13.6 Å². The van der Waals surface area contributed by atoms with E-state index in [-0.39, 0.29) is 5.91 Å². The van der Waals surface area contributed by atoms with Gasteiger partial charge in [-0.1, -0.05) is 20.8 Å². The van der Waals surface area contributed by atoms with E-state index in [0.717, 1.165) is 6.54 Å². The highest BCUT2D eigenvalue weighted by Crippen LogP contribution is 2.05. The van der Waals surface area contributed by atoms with E-state index in [2.05, 4.69) is 31.4 Å². The second kappa shape index (κ2) is 6.00. The SMILES string of the molecule is CCNC(CC(=O)NC)C(C)C. The van der Waals surface area contributed by atoms with Crippen LogP contribution in [0.1, 0.15) is 27.2 Å². The van der Waals surface area contributed by atoms with Crippen LogP contribution in [0.4, 0.5) is 0 Å². The zero-order chi connectivity index (χ0) is 9.56. The average Bonchev–Trinajstić information content (AvgIpc) is 2.03. The van der Waals surface area contributed by atoms with Gasteiger partial charge < -0.3 is 10.6 Å². The van der Waals surface area contributed by atoms with E-state index in [1.165, 1.54) is 0 Å². The fraction of sp³-hybridized carbons (Fsp3) is 0.889. The van der Waals surface area contributed by atoms with E-state index in [9.17, 15) is 4.79 Å². The van der Waals surface area contributed by atoms with Gasteiger partial charge in [0.2, 0.25) is 5.91 Å². The summed E-state index contributed by atoms with van der Waals surface area (Å²) < 4.78 is 0. The summed E-state index contributed by atoms with van der Waals surface area (Å²) in [6.07, 6.45) is 0.571. The van der Waals surface area contributed by atoms with Gasteiger partial charge in [-0.05, 0) is 12.5 Å². The van der Waals surface area contributed by atoms with Gasteiger partial charge in [0.1, 0.15) is 0 Å². The molecule has 0 aliphatic rings. The first-order valence-corrected chi connectivity index (χ1v) is 4.55. The van der Waals surface area contributed by atoms with Gasteiger partial charge in [0.05, 0.1) is 0 Å². The summed E-state index contributed by atoms with van der Waals surface area (Å²) in [7, 11) is 1.67. The lowest BCUT2D eigenvalue weighted by molar-refractivity contribution is -0.121. The van der Waals surface area contributed by atoms with Crippen molar-refractivity contribution in [1.82, 2.24) is 10.6 Å². The van der Waals surface area contributed by atoms with Crippen molar-refractivity contribution >= 4 is 5.91 Å². The number of nitrogens with one attached hydrogen (secondary N) is 2. The first-order chi connectivity index (χ1) is 5.61. The van der Waals surface area contributed by atoms with Crippen molar-refractivity contribution in [3.63, 3.8) is 0 Å². The molecule has 3 heteroatoms. The topological polar surface area (TPSA) is 41.1 Å². The third-order valence-electron chi connectivity index (χ3n) is 1.96. The molecule has 0 radical (unpaired) electrons. The molecular formula is C9H20N2O. The second-order valence-electron chi connectivity index (χ2n) is 3.29. The Kier molecular flexibility index (Phi) is 5.72. The van der Waals surface area contributed by atoms with Crippen LogP contribution in [-0.2, 0) is 4.79 Å². The molecule has 0 spiro atoms. The highest BCUT2D eigenvalue weighted by molar-refractivity contribution is 5.76. The zero-order valence-electron chi connectivity index (χ0n) is 8.48. The lowest BCUT2D eigenvalue weighted by Gasteiger charge is -2.20. The molecule has 1 atom stereocenters. The molecule has 0 aliphatic heterocycles. The molecule has 0 aromatic rings. The maximum absolute atomic E-state index is 11.1. The molecular weight excluding hydrogens is 152 g/mol. The number of carbonyl (C=O) groups excluding carboxylic acids is 1. The normalized spacial score (nSPS) is 13.1. The quantitative estimate of drug-likeness (QED) is 0.642. The minimum absolute atomic E-state index is 0.106. The third-order valence-corrected chi connectivity index (χ3v) is 1.96. The minimum Gasteiger partial charge on any atom is -0.359 e. The molecule has 0 rings (SSSR count). The van der Waals surface area contributed by atoms with Crippen molar-refractivity contribution in [2.45, 2.75) is 33.2 Å². The molecule has 0 aliphatic carbocycles. The molecule has 72 valence electrons. The predicted octanol–water partition coefficient (Wildman–Crippen LogP) is 0.757. The molecule has 2 N–H and O–H groups in total. The lowest BCUT2D eigenvalue weighted by atomic mass is 10.0. The van der Waals surface area contributed by atoms with Crippen LogP contribution in [0.2, 0.25) is 0 Å². The van der Waals surface area contributed by atoms with Crippen molar-refractivity contribution in [3.05, 3.63) is 0 Å². The smallest absolute Gasteiger partial charge is 0.221 e. The van der Waals surface area contributed by atoms with Crippen molar-refractivity contribution in [2.24, 2.45) is 5.92 Å². The summed E-state index contributed by atoms with van der Waals surface area (Å²) in [6, 6.07) is 0.301. The summed E-state index contributed by atoms with van der Waals surface area (Å²) in [5, 5.41) is 5.92. The van der Waals surface area contributed by atoms with Gasteiger partial charge >= 0.3 is 0 Å². The summed E-state index contributed by atoms with van der Waals surface area (Å²) >= 11 is 0. The number of carbonyl (C=O) groups is 1. The summed E-state index contributed by atoms with van der Waals surface area (Å²) in [5.74, 6) is 0.608. The Morgan fingerprint density at radius 3 is 2.33 bits per heavy atom. The van der Waals surface area contributed by atoms with E-state index in [4.69, 9.17) is 0 Å². The van der Waals surface area contributed by atoms with Crippen LogP contribution in [-0.4, -0.2) is 25.5 Å². The molecule has 0 saturated carbocycles. The molecule has 0 heterocycles. The van der Waals surface area contributed by atoms with E-state index in [1.54, 1.807) is 7.05 Å². The Hall–Kier alpha value is -0.570. The fourth-order valence-corrected chi connectivity index (χ4v) is 1.11. The van der Waals surface area contributed by atoms with Crippen LogP contribution in [0, 0.1) is 5.92 Å². The Morgan fingerprint density at radius 1 is 1.42 bits per heavy atom. The molecule has 0 aromatic heterocycles. The van der Waals surface area contributed by atoms with Gasteiger partial charge in [0, 0.05) is 19.5 Å². The standard InChI is InChI=1S/C9H20N2O/c1-5-11-8(7(2)3)6-9(12)10-4/h7-8,11H,5-6H2,1-4H3,(H,10,12). The maximum atomic E-state index is 11.1. The third kappa shape index (κ3) is 4.34. The van der Waals surface area contributed by atoms with Gasteiger partial charge in [-0.3, -0.25) is 4.79 Å². The molecule has 3 nitrogen and oxygen atoms in total. The lowest BCUT2D eigenvalue weighted by Crippen LogP contribution is -2.38. The molecule has 12 heavy (non-hydrogen) atoms. The fourth-order valence-electron chi connectivity index (χ4n) is 1.11. The van der Waals surface area contributed by atoms with Gasteiger partial charge in [-0.2, -0.15) is 0 Å². The van der Waals surface area contributed by atoms with E-state index in [0.29, 0.717) is 18.4 Å². The predicted molar refractivity (Wildman–Crippen MR) is 51.0 cm³/mol. The monoisotopic (exact) mass is 172 g/mol. The molecule has 0 fully saturated rings. The van der Waals surface area contributed by atoms with Crippen molar-refractivity contribution < 1.29 is 4.79 Å². The number of amides is 1. The Morgan fingerprint density at radius 2 is 2.00 bits per heavy atom.